The zero-order valence-corrected chi connectivity index (χ0v) is 9.16. The van der Waals surface area contributed by atoms with Crippen LogP contribution in [0.5, 0.6) is 0 Å². The Morgan fingerprint density at radius 1 is 1.47 bits per heavy atom. The van der Waals surface area contributed by atoms with Crippen LogP contribution in [-0.4, -0.2) is 23.9 Å². The highest BCUT2D eigenvalue weighted by molar-refractivity contribution is 5.80. The molecule has 0 unspecified atom stereocenters. The number of benzene rings is 1. The van der Waals surface area contributed by atoms with Gasteiger partial charge in [-0.3, -0.25) is 9.69 Å². The first-order chi connectivity index (χ1) is 7.08. The van der Waals surface area contributed by atoms with Crippen LogP contribution in [-0.2, 0) is 17.8 Å². The smallest absolute Gasteiger partial charge is 0.235 e. The fourth-order valence-electron chi connectivity index (χ4n) is 2.16. The summed E-state index contributed by atoms with van der Waals surface area (Å²) in [5, 5.41) is 0. The van der Waals surface area contributed by atoms with Crippen molar-refractivity contribution >= 4 is 5.91 Å². The first kappa shape index (κ1) is 10.2. The Balaban J connectivity index is 2.34. The maximum atomic E-state index is 11.2. The van der Waals surface area contributed by atoms with E-state index < -0.39 is 0 Å². The average molecular weight is 204 g/mol. The van der Waals surface area contributed by atoms with E-state index in [0.717, 1.165) is 13.0 Å². The Morgan fingerprint density at radius 3 is 2.87 bits per heavy atom. The van der Waals surface area contributed by atoms with Crippen molar-refractivity contribution in [1.29, 1.82) is 0 Å². The molecule has 1 amide bonds. The number of fused-ring (bicyclic) bond motifs is 1. The quantitative estimate of drug-likeness (QED) is 0.736. The molecule has 3 heteroatoms. The molecule has 1 aromatic rings. The van der Waals surface area contributed by atoms with Crippen LogP contribution in [0.1, 0.15) is 16.7 Å². The molecule has 1 atom stereocenters. The molecule has 0 spiro atoms. The summed E-state index contributed by atoms with van der Waals surface area (Å²) in [5.74, 6) is -0.232. The van der Waals surface area contributed by atoms with E-state index in [1.54, 1.807) is 0 Å². The average Bonchev–Trinajstić information content (AvgIpc) is 2.17. The Hall–Kier alpha value is -1.35. The SMILES string of the molecule is Cc1ccc2c(c1)C[C@H](C(N)=O)N(C)C2. The first-order valence-corrected chi connectivity index (χ1v) is 5.16. The summed E-state index contributed by atoms with van der Waals surface area (Å²) in [6, 6.07) is 6.24. The largest absolute Gasteiger partial charge is 0.368 e. The highest BCUT2D eigenvalue weighted by Crippen LogP contribution is 2.22. The van der Waals surface area contributed by atoms with E-state index in [-0.39, 0.29) is 11.9 Å². The predicted octanol–water partition coefficient (Wildman–Crippen LogP) is 0.837. The van der Waals surface area contributed by atoms with Crippen LogP contribution in [0.15, 0.2) is 18.2 Å². The molecule has 0 aliphatic carbocycles. The summed E-state index contributed by atoms with van der Waals surface area (Å²) < 4.78 is 0. The van der Waals surface area contributed by atoms with Gasteiger partial charge in [0.25, 0.3) is 0 Å². The molecule has 15 heavy (non-hydrogen) atoms. The Kier molecular flexibility index (Phi) is 2.49. The lowest BCUT2D eigenvalue weighted by atomic mass is 9.93. The van der Waals surface area contributed by atoms with E-state index in [1.165, 1.54) is 16.7 Å². The lowest BCUT2D eigenvalue weighted by molar-refractivity contribution is -0.123. The van der Waals surface area contributed by atoms with Gasteiger partial charge in [0.1, 0.15) is 0 Å². The van der Waals surface area contributed by atoms with Gasteiger partial charge in [-0.1, -0.05) is 23.8 Å². The van der Waals surface area contributed by atoms with Gasteiger partial charge in [0.2, 0.25) is 5.91 Å². The van der Waals surface area contributed by atoms with Crippen LogP contribution >= 0.6 is 0 Å². The van der Waals surface area contributed by atoms with Crippen LogP contribution in [0.25, 0.3) is 0 Å². The summed E-state index contributed by atoms with van der Waals surface area (Å²) >= 11 is 0. The summed E-state index contributed by atoms with van der Waals surface area (Å²) in [6.07, 6.45) is 0.739. The Labute approximate surface area is 89.9 Å². The highest BCUT2D eigenvalue weighted by atomic mass is 16.1. The fraction of sp³-hybridized carbons (Fsp3) is 0.417. The molecule has 1 aliphatic heterocycles. The number of hydrogen-bond acceptors (Lipinski definition) is 2. The Bertz CT molecular complexity index is 401. The zero-order chi connectivity index (χ0) is 11.0. The van der Waals surface area contributed by atoms with Gasteiger partial charge < -0.3 is 5.73 Å². The minimum absolute atomic E-state index is 0.153. The third kappa shape index (κ3) is 1.88. The van der Waals surface area contributed by atoms with Gasteiger partial charge in [-0.2, -0.15) is 0 Å². The molecule has 3 nitrogen and oxygen atoms in total. The summed E-state index contributed by atoms with van der Waals surface area (Å²) in [4.78, 5) is 13.3. The number of nitrogens with zero attached hydrogens (tertiary/aromatic N) is 1. The molecule has 1 aliphatic rings. The van der Waals surface area contributed by atoms with Crippen LogP contribution < -0.4 is 5.73 Å². The molecule has 1 aromatic carbocycles. The van der Waals surface area contributed by atoms with Crippen LogP contribution in [0, 0.1) is 6.92 Å². The number of carbonyl (C=O) groups is 1. The number of carbonyl (C=O) groups excluding carboxylic acids is 1. The Morgan fingerprint density at radius 2 is 2.20 bits per heavy atom. The third-order valence-electron chi connectivity index (χ3n) is 3.06. The molecule has 2 rings (SSSR count). The minimum Gasteiger partial charge on any atom is -0.368 e. The van der Waals surface area contributed by atoms with Crippen molar-refractivity contribution in [3.8, 4) is 0 Å². The van der Waals surface area contributed by atoms with Gasteiger partial charge in [-0.05, 0) is 31.5 Å². The van der Waals surface area contributed by atoms with Crippen LogP contribution in [0.2, 0.25) is 0 Å². The van der Waals surface area contributed by atoms with Gasteiger partial charge in [0.05, 0.1) is 6.04 Å². The molecule has 0 saturated heterocycles. The monoisotopic (exact) mass is 204 g/mol. The summed E-state index contributed by atoms with van der Waals surface area (Å²) in [7, 11) is 1.94. The maximum Gasteiger partial charge on any atom is 0.235 e. The molecule has 0 fully saturated rings. The highest BCUT2D eigenvalue weighted by Gasteiger charge is 2.27. The number of amides is 1. The van der Waals surface area contributed by atoms with Gasteiger partial charge in [-0.25, -0.2) is 0 Å². The number of hydrogen-bond donors (Lipinski definition) is 1. The normalized spacial score (nSPS) is 21.1. The van der Waals surface area contributed by atoms with Crippen LogP contribution in [0.4, 0.5) is 0 Å². The molecule has 0 bridgehead atoms. The van der Waals surface area contributed by atoms with Crippen molar-refractivity contribution in [2.24, 2.45) is 5.73 Å². The lowest BCUT2D eigenvalue weighted by Crippen LogP contribution is -2.46. The third-order valence-corrected chi connectivity index (χ3v) is 3.06. The topological polar surface area (TPSA) is 46.3 Å². The number of nitrogens with two attached hydrogens (primary N) is 1. The van der Waals surface area contributed by atoms with E-state index in [2.05, 4.69) is 25.1 Å². The van der Waals surface area contributed by atoms with Gasteiger partial charge in [0, 0.05) is 6.54 Å². The molecular formula is C12H16N2O. The predicted molar refractivity (Wildman–Crippen MR) is 59.3 cm³/mol. The maximum absolute atomic E-state index is 11.2. The minimum atomic E-state index is -0.232. The molecule has 0 aromatic heterocycles. The van der Waals surface area contributed by atoms with Crippen molar-refractivity contribution in [2.75, 3.05) is 7.05 Å². The molecule has 1 heterocycles. The fourth-order valence-corrected chi connectivity index (χ4v) is 2.16. The van der Waals surface area contributed by atoms with E-state index in [4.69, 9.17) is 5.73 Å². The summed E-state index contributed by atoms with van der Waals surface area (Å²) in [6.45, 7) is 2.88. The van der Waals surface area contributed by atoms with Gasteiger partial charge in [0.15, 0.2) is 0 Å². The molecule has 2 N–H and O–H groups in total. The molecule has 0 saturated carbocycles. The molecule has 0 radical (unpaired) electrons. The number of aryl methyl sites for hydroxylation is 1. The van der Waals surface area contributed by atoms with Crippen molar-refractivity contribution in [3.05, 3.63) is 34.9 Å². The van der Waals surface area contributed by atoms with E-state index >= 15 is 0 Å². The first-order valence-electron chi connectivity index (χ1n) is 5.16. The van der Waals surface area contributed by atoms with Gasteiger partial charge in [-0.15, -0.1) is 0 Å². The van der Waals surface area contributed by atoms with Crippen molar-refractivity contribution in [2.45, 2.75) is 25.9 Å². The second kappa shape index (κ2) is 3.66. The van der Waals surface area contributed by atoms with Crippen molar-refractivity contribution in [1.82, 2.24) is 4.90 Å². The number of primary amides is 1. The number of likely N-dealkylation sites (N-methyl/N-ethyl adjacent to an activating group) is 1. The lowest BCUT2D eigenvalue weighted by Gasteiger charge is -2.32. The van der Waals surface area contributed by atoms with Crippen molar-refractivity contribution in [3.63, 3.8) is 0 Å². The molecule has 80 valence electrons. The summed E-state index contributed by atoms with van der Waals surface area (Å²) in [5.41, 5.74) is 9.18. The van der Waals surface area contributed by atoms with Crippen molar-refractivity contribution < 1.29 is 4.79 Å². The number of rotatable bonds is 1. The van der Waals surface area contributed by atoms with E-state index in [9.17, 15) is 4.79 Å². The van der Waals surface area contributed by atoms with E-state index in [1.807, 2.05) is 11.9 Å². The van der Waals surface area contributed by atoms with E-state index in [0.29, 0.717) is 0 Å². The second-order valence-corrected chi connectivity index (χ2v) is 4.31. The second-order valence-electron chi connectivity index (χ2n) is 4.31. The van der Waals surface area contributed by atoms with Gasteiger partial charge >= 0.3 is 0 Å². The molecular weight excluding hydrogens is 188 g/mol. The zero-order valence-electron chi connectivity index (χ0n) is 9.16. The standard InChI is InChI=1S/C12H16N2O/c1-8-3-4-9-7-14(2)11(12(13)15)6-10(9)5-8/h3-5,11H,6-7H2,1-2H3,(H2,13,15)/t11-/m1/s1. The van der Waals surface area contributed by atoms with Crippen LogP contribution in [0.3, 0.4) is 0 Å².